The average Bonchev–Trinajstić information content (AvgIpc) is 2.66. The molecule has 0 bridgehead atoms. The predicted octanol–water partition coefficient (Wildman–Crippen LogP) is 2.29. The fourth-order valence-corrected chi connectivity index (χ4v) is 1.92. The summed E-state index contributed by atoms with van der Waals surface area (Å²) in [4.78, 5) is 4.31. The molecule has 0 saturated carbocycles. The fourth-order valence-electron chi connectivity index (χ4n) is 1.92. The third-order valence-electron chi connectivity index (χ3n) is 2.76. The van der Waals surface area contributed by atoms with Gasteiger partial charge in [0.2, 0.25) is 5.89 Å². The van der Waals surface area contributed by atoms with Gasteiger partial charge in [-0.1, -0.05) is 19.0 Å². The van der Waals surface area contributed by atoms with Crippen molar-refractivity contribution in [1.29, 1.82) is 0 Å². The summed E-state index contributed by atoms with van der Waals surface area (Å²) < 4.78 is 10.6. The molecular weight excluding hydrogens is 220 g/mol. The van der Waals surface area contributed by atoms with Crippen LogP contribution in [0.4, 0.5) is 0 Å². The maximum absolute atomic E-state index is 9.73. The minimum absolute atomic E-state index is 0.134. The van der Waals surface area contributed by atoms with Crippen LogP contribution >= 0.6 is 0 Å². The molecule has 5 nitrogen and oxygen atoms in total. The fraction of sp³-hybridized carbons (Fsp3) is 0.833. The Morgan fingerprint density at radius 3 is 2.41 bits per heavy atom. The Balaban J connectivity index is 2.85. The van der Waals surface area contributed by atoms with E-state index in [1.807, 2.05) is 27.7 Å². The van der Waals surface area contributed by atoms with Gasteiger partial charge in [0.25, 0.3) is 0 Å². The van der Waals surface area contributed by atoms with Gasteiger partial charge in [-0.25, -0.2) is 0 Å². The molecule has 5 heteroatoms. The first kappa shape index (κ1) is 14.1. The summed E-state index contributed by atoms with van der Waals surface area (Å²) in [6.45, 7) is 10.2. The molecule has 0 fully saturated rings. The molecule has 0 aliphatic heterocycles. The average molecular weight is 242 g/mol. The van der Waals surface area contributed by atoms with Crippen LogP contribution in [0, 0.1) is 5.92 Å². The number of ether oxygens (including phenoxy) is 1. The van der Waals surface area contributed by atoms with Gasteiger partial charge in [-0.2, -0.15) is 4.98 Å². The highest BCUT2D eigenvalue weighted by Gasteiger charge is 2.28. The summed E-state index contributed by atoms with van der Waals surface area (Å²) in [6.07, 6.45) is -0.690. The van der Waals surface area contributed by atoms with Gasteiger partial charge in [-0.05, 0) is 26.7 Å². The van der Waals surface area contributed by atoms with Gasteiger partial charge in [-0.3, -0.25) is 0 Å². The van der Waals surface area contributed by atoms with Crippen molar-refractivity contribution in [2.24, 2.45) is 5.92 Å². The summed E-state index contributed by atoms with van der Waals surface area (Å²) in [5, 5.41) is 13.6. The molecule has 0 aliphatic rings. The van der Waals surface area contributed by atoms with E-state index in [2.05, 4.69) is 10.1 Å². The molecule has 98 valence electrons. The van der Waals surface area contributed by atoms with Crippen molar-refractivity contribution in [3.63, 3.8) is 0 Å². The monoisotopic (exact) mass is 242 g/mol. The third kappa shape index (κ3) is 3.51. The van der Waals surface area contributed by atoms with Crippen molar-refractivity contribution < 1.29 is 14.4 Å². The van der Waals surface area contributed by atoms with Crippen LogP contribution in [0.25, 0.3) is 0 Å². The van der Waals surface area contributed by atoms with Crippen LogP contribution < -0.4 is 0 Å². The van der Waals surface area contributed by atoms with Crippen molar-refractivity contribution in [1.82, 2.24) is 10.1 Å². The van der Waals surface area contributed by atoms with Crippen LogP contribution in [-0.2, 0) is 4.74 Å². The van der Waals surface area contributed by atoms with E-state index in [9.17, 15) is 5.11 Å². The second-order valence-corrected chi connectivity index (χ2v) is 4.60. The number of rotatable bonds is 6. The molecule has 1 heterocycles. The zero-order chi connectivity index (χ0) is 13.0. The van der Waals surface area contributed by atoms with E-state index in [1.54, 1.807) is 6.92 Å². The first-order chi connectivity index (χ1) is 7.97. The zero-order valence-corrected chi connectivity index (χ0v) is 11.2. The SMILES string of the molecule is CCOC(C)c1noc(C(C(C)C)C(C)O)n1. The molecule has 1 aromatic rings. The van der Waals surface area contributed by atoms with Gasteiger partial charge in [-0.15, -0.1) is 0 Å². The Morgan fingerprint density at radius 1 is 1.29 bits per heavy atom. The summed E-state index contributed by atoms with van der Waals surface area (Å²) >= 11 is 0. The van der Waals surface area contributed by atoms with E-state index in [0.717, 1.165) is 0 Å². The van der Waals surface area contributed by atoms with Crippen LogP contribution in [0.3, 0.4) is 0 Å². The molecular formula is C12H22N2O3. The van der Waals surface area contributed by atoms with Crippen LogP contribution in [0.15, 0.2) is 4.52 Å². The second-order valence-electron chi connectivity index (χ2n) is 4.60. The Kier molecular flexibility index (Phi) is 5.08. The lowest BCUT2D eigenvalue weighted by atomic mass is 9.91. The van der Waals surface area contributed by atoms with Gasteiger partial charge >= 0.3 is 0 Å². The van der Waals surface area contributed by atoms with Gasteiger partial charge in [0.05, 0.1) is 12.0 Å². The number of aromatic nitrogens is 2. The van der Waals surface area contributed by atoms with Gasteiger partial charge in [0.1, 0.15) is 6.10 Å². The van der Waals surface area contributed by atoms with Crippen molar-refractivity contribution in [3.8, 4) is 0 Å². The molecule has 1 rings (SSSR count). The molecule has 3 unspecified atom stereocenters. The highest BCUT2D eigenvalue weighted by molar-refractivity contribution is 4.99. The number of hydrogen-bond donors (Lipinski definition) is 1. The molecule has 1 N–H and O–H groups in total. The second kappa shape index (κ2) is 6.12. The van der Waals surface area contributed by atoms with E-state index in [1.165, 1.54) is 0 Å². The normalized spacial score (nSPS) is 17.1. The minimum Gasteiger partial charge on any atom is -0.393 e. The highest BCUT2D eigenvalue weighted by atomic mass is 16.5. The lowest BCUT2D eigenvalue weighted by molar-refractivity contribution is 0.0683. The Morgan fingerprint density at radius 2 is 1.94 bits per heavy atom. The maximum Gasteiger partial charge on any atom is 0.232 e. The smallest absolute Gasteiger partial charge is 0.232 e. The zero-order valence-electron chi connectivity index (χ0n) is 11.2. The summed E-state index contributed by atoms with van der Waals surface area (Å²) in [7, 11) is 0. The number of hydrogen-bond acceptors (Lipinski definition) is 5. The molecule has 0 saturated heterocycles. The number of aliphatic hydroxyl groups is 1. The van der Waals surface area contributed by atoms with Crippen LogP contribution in [0.5, 0.6) is 0 Å². The maximum atomic E-state index is 9.73. The lowest BCUT2D eigenvalue weighted by Gasteiger charge is -2.19. The quantitative estimate of drug-likeness (QED) is 0.828. The van der Waals surface area contributed by atoms with Gasteiger partial charge < -0.3 is 14.4 Å². The predicted molar refractivity (Wildman–Crippen MR) is 63.6 cm³/mol. The first-order valence-electron chi connectivity index (χ1n) is 6.10. The molecule has 0 amide bonds. The molecule has 0 spiro atoms. The van der Waals surface area contributed by atoms with E-state index in [4.69, 9.17) is 9.26 Å². The van der Waals surface area contributed by atoms with Gasteiger partial charge in [0, 0.05) is 6.61 Å². The van der Waals surface area contributed by atoms with E-state index in [0.29, 0.717) is 18.3 Å². The first-order valence-corrected chi connectivity index (χ1v) is 6.10. The molecule has 0 aromatic carbocycles. The van der Waals surface area contributed by atoms with E-state index in [-0.39, 0.29) is 17.9 Å². The molecule has 3 atom stereocenters. The minimum atomic E-state index is -0.509. The molecule has 17 heavy (non-hydrogen) atoms. The van der Waals surface area contributed by atoms with E-state index < -0.39 is 6.10 Å². The standard InChI is InChI=1S/C12H22N2O3/c1-6-16-9(5)11-13-12(17-14-11)10(7(2)3)8(4)15/h7-10,15H,6H2,1-5H3. The van der Waals surface area contributed by atoms with Crippen LogP contribution in [0.2, 0.25) is 0 Å². The van der Waals surface area contributed by atoms with Crippen LogP contribution in [0.1, 0.15) is 58.4 Å². The van der Waals surface area contributed by atoms with Crippen LogP contribution in [-0.4, -0.2) is 28.0 Å². The van der Waals surface area contributed by atoms with Crippen molar-refractivity contribution in [2.75, 3.05) is 6.61 Å². The topological polar surface area (TPSA) is 68.4 Å². The number of aliphatic hydroxyl groups excluding tert-OH is 1. The van der Waals surface area contributed by atoms with Crippen molar-refractivity contribution >= 4 is 0 Å². The van der Waals surface area contributed by atoms with E-state index >= 15 is 0 Å². The van der Waals surface area contributed by atoms with Crippen molar-refractivity contribution in [3.05, 3.63) is 11.7 Å². The van der Waals surface area contributed by atoms with Gasteiger partial charge in [0.15, 0.2) is 5.82 Å². The summed E-state index contributed by atoms with van der Waals surface area (Å²) in [6, 6.07) is 0. The third-order valence-corrected chi connectivity index (χ3v) is 2.76. The largest absolute Gasteiger partial charge is 0.393 e. The lowest BCUT2D eigenvalue weighted by Crippen LogP contribution is -2.20. The molecule has 0 aliphatic carbocycles. The summed E-state index contributed by atoms with van der Waals surface area (Å²) in [5.74, 6) is 1.13. The Hall–Kier alpha value is -0.940. The number of nitrogens with zero attached hydrogens (tertiary/aromatic N) is 2. The highest BCUT2D eigenvalue weighted by Crippen LogP contribution is 2.27. The Bertz CT molecular complexity index is 328. The van der Waals surface area contributed by atoms with Crippen molar-refractivity contribution in [2.45, 2.75) is 52.7 Å². The Labute approximate surface area is 102 Å². The summed E-state index contributed by atoms with van der Waals surface area (Å²) in [5.41, 5.74) is 0. The molecule has 1 aromatic heterocycles. The molecule has 0 radical (unpaired) electrons.